The van der Waals surface area contributed by atoms with Gasteiger partial charge in [-0.05, 0) is 49.1 Å². The molecule has 2 aliphatic rings. The second kappa shape index (κ2) is 5.08. The van der Waals surface area contributed by atoms with Gasteiger partial charge in [0.2, 0.25) is 5.43 Å². The summed E-state index contributed by atoms with van der Waals surface area (Å²) in [5.41, 5.74) is 3.60. The summed E-state index contributed by atoms with van der Waals surface area (Å²) >= 11 is 0. The number of hydrogen-bond acceptors (Lipinski definition) is 4. The van der Waals surface area contributed by atoms with Crippen LogP contribution in [-0.4, -0.2) is 26.2 Å². The summed E-state index contributed by atoms with van der Waals surface area (Å²) in [5, 5.41) is 4.82. The van der Waals surface area contributed by atoms with Gasteiger partial charge in [-0.1, -0.05) is 11.6 Å². The summed E-state index contributed by atoms with van der Waals surface area (Å²) in [6.07, 6.45) is 0. The average molecular weight is 320 g/mol. The summed E-state index contributed by atoms with van der Waals surface area (Å²) in [5.74, 6) is 1.47. The molecule has 0 aliphatic carbocycles. The fraction of sp³-hybridized carbons (Fsp3) is 0.350. The summed E-state index contributed by atoms with van der Waals surface area (Å²) in [7, 11) is 0. The second-order valence-corrected chi connectivity index (χ2v) is 7.19. The minimum absolute atomic E-state index is 0.0675. The molecule has 2 aromatic carbocycles. The zero-order chi connectivity index (χ0) is 16.3. The van der Waals surface area contributed by atoms with Crippen LogP contribution < -0.4 is 15.6 Å². The number of hydrogen-bond donors (Lipinski definition) is 1. The number of aryl methyl sites for hydroxylation is 1. The molecule has 1 N–H and O–H groups in total. The molecule has 4 nitrogen and oxygen atoms in total. The summed E-state index contributed by atoms with van der Waals surface area (Å²) in [4.78, 5) is 15.3. The standard InChI is InChI=1S/C20H20N2O2/c1-12-2-4-18-16(6-12)20(23)17-7-15(3-5-19(17)24-18)22-10-13-8-21-9-14(13)11-22/h2-7,13-14,21H,8-11H2,1H3. The van der Waals surface area contributed by atoms with Gasteiger partial charge in [-0.15, -0.1) is 0 Å². The Morgan fingerprint density at radius 3 is 2.42 bits per heavy atom. The minimum Gasteiger partial charge on any atom is -0.456 e. The van der Waals surface area contributed by atoms with Crippen LogP contribution in [0.25, 0.3) is 21.9 Å². The molecule has 5 rings (SSSR count). The van der Waals surface area contributed by atoms with Gasteiger partial charge in [0, 0.05) is 31.9 Å². The van der Waals surface area contributed by atoms with Crippen molar-refractivity contribution in [3.8, 4) is 0 Å². The monoisotopic (exact) mass is 320 g/mol. The zero-order valence-electron chi connectivity index (χ0n) is 13.7. The maximum Gasteiger partial charge on any atom is 0.200 e. The predicted octanol–water partition coefficient (Wildman–Crippen LogP) is 2.91. The maximum atomic E-state index is 12.9. The first-order chi connectivity index (χ1) is 11.7. The van der Waals surface area contributed by atoms with E-state index in [1.54, 1.807) is 0 Å². The van der Waals surface area contributed by atoms with E-state index in [2.05, 4.69) is 16.3 Å². The number of benzene rings is 2. The molecule has 0 amide bonds. The van der Waals surface area contributed by atoms with E-state index in [4.69, 9.17) is 4.42 Å². The number of anilines is 1. The largest absolute Gasteiger partial charge is 0.456 e. The molecule has 24 heavy (non-hydrogen) atoms. The molecule has 0 spiro atoms. The van der Waals surface area contributed by atoms with Crippen molar-refractivity contribution in [3.05, 3.63) is 52.2 Å². The topological polar surface area (TPSA) is 45.5 Å². The molecule has 2 atom stereocenters. The van der Waals surface area contributed by atoms with E-state index < -0.39 is 0 Å². The molecule has 1 aromatic heterocycles. The lowest BCUT2D eigenvalue weighted by atomic mass is 10.0. The molecular formula is C20H20N2O2. The van der Waals surface area contributed by atoms with E-state index >= 15 is 0 Å². The van der Waals surface area contributed by atoms with Crippen LogP contribution in [0.1, 0.15) is 5.56 Å². The fourth-order valence-electron chi connectivity index (χ4n) is 4.22. The van der Waals surface area contributed by atoms with Crippen molar-refractivity contribution in [2.75, 3.05) is 31.1 Å². The Morgan fingerprint density at radius 1 is 1.00 bits per heavy atom. The van der Waals surface area contributed by atoms with Crippen molar-refractivity contribution in [3.63, 3.8) is 0 Å². The van der Waals surface area contributed by atoms with Crippen molar-refractivity contribution in [1.29, 1.82) is 0 Å². The van der Waals surface area contributed by atoms with Gasteiger partial charge in [0.25, 0.3) is 0 Å². The number of rotatable bonds is 1. The van der Waals surface area contributed by atoms with Crippen LogP contribution in [0.5, 0.6) is 0 Å². The molecular weight excluding hydrogens is 300 g/mol. The first kappa shape index (κ1) is 14.1. The van der Waals surface area contributed by atoms with Gasteiger partial charge in [0.1, 0.15) is 11.2 Å². The summed E-state index contributed by atoms with van der Waals surface area (Å²) < 4.78 is 5.95. The Bertz CT molecular complexity index is 996. The van der Waals surface area contributed by atoms with E-state index in [1.807, 2.05) is 37.3 Å². The molecule has 2 fully saturated rings. The smallest absolute Gasteiger partial charge is 0.200 e. The lowest BCUT2D eigenvalue weighted by Crippen LogP contribution is -2.25. The van der Waals surface area contributed by atoms with Gasteiger partial charge in [0.15, 0.2) is 0 Å². The highest BCUT2D eigenvalue weighted by Gasteiger charge is 2.36. The summed E-state index contributed by atoms with van der Waals surface area (Å²) in [6.45, 7) is 6.36. The van der Waals surface area contributed by atoms with E-state index in [0.29, 0.717) is 21.9 Å². The van der Waals surface area contributed by atoms with Crippen LogP contribution in [0, 0.1) is 18.8 Å². The Balaban J connectivity index is 1.63. The molecule has 0 bridgehead atoms. The molecule has 0 radical (unpaired) electrons. The third-order valence-electron chi connectivity index (χ3n) is 5.56. The normalized spacial score (nSPS) is 23.3. The first-order valence-electron chi connectivity index (χ1n) is 8.62. The molecule has 4 heteroatoms. The fourth-order valence-corrected chi connectivity index (χ4v) is 4.22. The number of nitrogens with zero attached hydrogens (tertiary/aromatic N) is 1. The summed E-state index contributed by atoms with van der Waals surface area (Å²) in [6, 6.07) is 11.8. The number of nitrogens with one attached hydrogen (secondary N) is 1. The lowest BCUT2D eigenvalue weighted by molar-refractivity contribution is 0.533. The van der Waals surface area contributed by atoms with Crippen LogP contribution in [0.3, 0.4) is 0 Å². The highest BCUT2D eigenvalue weighted by Crippen LogP contribution is 2.32. The SMILES string of the molecule is Cc1ccc2oc3ccc(N4CC5CNCC5C4)cc3c(=O)c2c1. The van der Waals surface area contributed by atoms with Crippen LogP contribution in [0.4, 0.5) is 5.69 Å². The third-order valence-corrected chi connectivity index (χ3v) is 5.56. The Hall–Kier alpha value is -2.33. The second-order valence-electron chi connectivity index (χ2n) is 7.19. The van der Waals surface area contributed by atoms with E-state index in [0.717, 1.165) is 49.3 Å². The van der Waals surface area contributed by atoms with Gasteiger partial charge >= 0.3 is 0 Å². The van der Waals surface area contributed by atoms with Crippen molar-refractivity contribution in [2.45, 2.75) is 6.92 Å². The van der Waals surface area contributed by atoms with Crippen LogP contribution in [0.2, 0.25) is 0 Å². The number of fused-ring (bicyclic) bond motifs is 3. The van der Waals surface area contributed by atoms with E-state index in [9.17, 15) is 4.79 Å². The van der Waals surface area contributed by atoms with Gasteiger partial charge < -0.3 is 14.6 Å². The first-order valence-corrected chi connectivity index (χ1v) is 8.62. The molecule has 2 saturated heterocycles. The Kier molecular flexibility index (Phi) is 2.98. The highest BCUT2D eigenvalue weighted by molar-refractivity contribution is 5.91. The third kappa shape index (κ3) is 2.06. The zero-order valence-corrected chi connectivity index (χ0v) is 13.7. The lowest BCUT2D eigenvalue weighted by Gasteiger charge is -2.20. The van der Waals surface area contributed by atoms with Crippen molar-refractivity contribution < 1.29 is 4.42 Å². The van der Waals surface area contributed by atoms with Crippen molar-refractivity contribution >= 4 is 27.6 Å². The van der Waals surface area contributed by atoms with Crippen LogP contribution in [0.15, 0.2) is 45.6 Å². The predicted molar refractivity (Wildman–Crippen MR) is 96.8 cm³/mol. The molecule has 3 aromatic rings. The molecule has 3 heterocycles. The van der Waals surface area contributed by atoms with Crippen molar-refractivity contribution in [2.24, 2.45) is 11.8 Å². The van der Waals surface area contributed by atoms with Gasteiger partial charge in [-0.3, -0.25) is 4.79 Å². The molecule has 0 saturated carbocycles. The molecule has 2 aliphatic heterocycles. The van der Waals surface area contributed by atoms with Gasteiger partial charge in [-0.25, -0.2) is 0 Å². The van der Waals surface area contributed by atoms with Gasteiger partial charge in [0.05, 0.1) is 10.8 Å². The quantitative estimate of drug-likeness (QED) is 0.700. The molecule has 2 unspecified atom stereocenters. The van der Waals surface area contributed by atoms with Gasteiger partial charge in [-0.2, -0.15) is 0 Å². The minimum atomic E-state index is 0.0675. The van der Waals surface area contributed by atoms with Crippen LogP contribution >= 0.6 is 0 Å². The van der Waals surface area contributed by atoms with E-state index in [1.165, 1.54) is 0 Å². The van der Waals surface area contributed by atoms with Crippen LogP contribution in [-0.2, 0) is 0 Å². The van der Waals surface area contributed by atoms with Crippen molar-refractivity contribution in [1.82, 2.24) is 5.32 Å². The van der Waals surface area contributed by atoms with E-state index in [-0.39, 0.29) is 5.43 Å². The Morgan fingerprint density at radius 2 is 1.67 bits per heavy atom. The average Bonchev–Trinajstić information content (AvgIpc) is 3.17. The highest BCUT2D eigenvalue weighted by atomic mass is 16.3. The Labute approximate surface area is 140 Å². The maximum absolute atomic E-state index is 12.9. The molecule has 122 valence electrons.